The van der Waals surface area contributed by atoms with Crippen molar-refractivity contribution in [1.82, 2.24) is 0 Å². The van der Waals surface area contributed by atoms with Gasteiger partial charge in [-0.2, -0.15) is 0 Å². The molecule has 0 spiro atoms. The van der Waals surface area contributed by atoms with Gasteiger partial charge >= 0.3 is 0 Å². The van der Waals surface area contributed by atoms with Gasteiger partial charge in [0.1, 0.15) is 0 Å². The van der Waals surface area contributed by atoms with Crippen molar-refractivity contribution in [3.05, 3.63) is 69.7 Å². The maximum atomic E-state index is 6.28. The highest BCUT2D eigenvalue weighted by Gasteiger charge is 2.11. The van der Waals surface area contributed by atoms with Crippen molar-refractivity contribution in [3.8, 4) is 0 Å². The van der Waals surface area contributed by atoms with Crippen LogP contribution in [0.2, 0.25) is 10.0 Å². The Morgan fingerprint density at radius 2 is 1.00 bits per heavy atom. The molecule has 0 heterocycles. The summed E-state index contributed by atoms with van der Waals surface area (Å²) in [6, 6.07) is 14.8. The highest BCUT2D eigenvalue weighted by molar-refractivity contribution is 6.31. The fraction of sp³-hybridized carbons (Fsp3) is 0.250. The minimum absolute atomic E-state index is 0.226. The van der Waals surface area contributed by atoms with Crippen LogP contribution in [0.4, 0.5) is 0 Å². The minimum atomic E-state index is -0.226. The van der Waals surface area contributed by atoms with E-state index in [0.717, 1.165) is 11.1 Å². The zero-order valence-corrected chi connectivity index (χ0v) is 14.1. The van der Waals surface area contributed by atoms with Crippen LogP contribution >= 0.6 is 46.4 Å². The third-order valence-corrected chi connectivity index (χ3v) is 4.25. The average Bonchev–Trinajstić information content (AvgIpc) is 2.48. The highest BCUT2D eigenvalue weighted by atomic mass is 35.5. The molecule has 0 saturated carbocycles. The smallest absolute Gasteiger partial charge is 0.0819 e. The lowest BCUT2D eigenvalue weighted by Gasteiger charge is -2.14. The molecule has 0 saturated heterocycles. The standard InChI is InChI=1S/C16H14Cl4O/c17-13-5-1-11(2-6-13)15(19)9-21-10-16(20)12-3-7-14(18)8-4-12/h1-8,15-16H,9-10H2. The quantitative estimate of drug-likeness (QED) is 0.549. The molecule has 0 aliphatic carbocycles. The molecule has 2 aromatic rings. The molecule has 0 fully saturated rings. The Balaban J connectivity index is 1.80. The first-order chi connectivity index (χ1) is 10.1. The van der Waals surface area contributed by atoms with Gasteiger partial charge in [-0.1, -0.05) is 47.5 Å². The molecule has 0 aliphatic rings. The van der Waals surface area contributed by atoms with E-state index in [1.165, 1.54) is 0 Å². The number of benzene rings is 2. The van der Waals surface area contributed by atoms with Crippen molar-refractivity contribution in [2.24, 2.45) is 0 Å². The van der Waals surface area contributed by atoms with Crippen LogP contribution in [0.25, 0.3) is 0 Å². The number of hydrogen-bond acceptors (Lipinski definition) is 1. The number of hydrogen-bond donors (Lipinski definition) is 0. The molecule has 2 atom stereocenters. The molecule has 0 amide bonds. The summed E-state index contributed by atoms with van der Waals surface area (Å²) >= 11 is 24.2. The van der Waals surface area contributed by atoms with Crippen LogP contribution in [0.3, 0.4) is 0 Å². The van der Waals surface area contributed by atoms with Crippen molar-refractivity contribution in [2.75, 3.05) is 13.2 Å². The van der Waals surface area contributed by atoms with Crippen LogP contribution in [-0.4, -0.2) is 13.2 Å². The van der Waals surface area contributed by atoms with Crippen molar-refractivity contribution in [1.29, 1.82) is 0 Å². The van der Waals surface area contributed by atoms with Gasteiger partial charge in [0.2, 0.25) is 0 Å². The van der Waals surface area contributed by atoms with Gasteiger partial charge in [0, 0.05) is 10.0 Å². The Morgan fingerprint density at radius 1 is 0.667 bits per heavy atom. The van der Waals surface area contributed by atoms with E-state index >= 15 is 0 Å². The lowest BCUT2D eigenvalue weighted by Crippen LogP contribution is -2.07. The molecule has 112 valence electrons. The molecule has 2 unspecified atom stereocenters. The lowest BCUT2D eigenvalue weighted by molar-refractivity contribution is 0.134. The predicted molar refractivity (Wildman–Crippen MR) is 90.9 cm³/mol. The molecule has 2 aromatic carbocycles. The number of ether oxygens (including phenoxy) is 1. The van der Waals surface area contributed by atoms with Crippen molar-refractivity contribution < 1.29 is 4.74 Å². The predicted octanol–water partition coefficient (Wildman–Crippen LogP) is 6.27. The largest absolute Gasteiger partial charge is 0.378 e. The van der Waals surface area contributed by atoms with Crippen LogP contribution in [0.15, 0.2) is 48.5 Å². The second-order valence-electron chi connectivity index (χ2n) is 4.58. The summed E-state index contributed by atoms with van der Waals surface area (Å²) < 4.78 is 5.60. The Morgan fingerprint density at radius 3 is 1.33 bits per heavy atom. The summed E-state index contributed by atoms with van der Waals surface area (Å²) in [5.74, 6) is 0. The first kappa shape index (κ1) is 16.9. The molecular weight excluding hydrogens is 350 g/mol. The zero-order chi connectivity index (χ0) is 15.2. The van der Waals surface area contributed by atoms with Crippen molar-refractivity contribution in [3.63, 3.8) is 0 Å². The maximum absolute atomic E-state index is 6.28. The van der Waals surface area contributed by atoms with Crippen LogP contribution in [0, 0.1) is 0 Å². The molecule has 2 rings (SSSR count). The second-order valence-corrected chi connectivity index (χ2v) is 6.50. The van der Waals surface area contributed by atoms with E-state index in [1.54, 1.807) is 0 Å². The topological polar surface area (TPSA) is 9.23 Å². The van der Waals surface area contributed by atoms with Gasteiger partial charge in [0.25, 0.3) is 0 Å². The molecule has 21 heavy (non-hydrogen) atoms. The Bertz CT molecular complexity index is 502. The molecule has 0 aromatic heterocycles. The molecule has 0 radical (unpaired) electrons. The molecule has 0 N–H and O–H groups in total. The summed E-state index contributed by atoms with van der Waals surface area (Å²) in [7, 11) is 0. The van der Waals surface area contributed by atoms with Gasteiger partial charge < -0.3 is 4.74 Å². The van der Waals surface area contributed by atoms with Crippen LogP contribution < -0.4 is 0 Å². The van der Waals surface area contributed by atoms with Crippen molar-refractivity contribution in [2.45, 2.75) is 10.8 Å². The van der Waals surface area contributed by atoms with Crippen LogP contribution in [0.5, 0.6) is 0 Å². The zero-order valence-electron chi connectivity index (χ0n) is 11.1. The highest BCUT2D eigenvalue weighted by Crippen LogP contribution is 2.25. The second kappa shape index (κ2) is 8.26. The molecule has 0 aliphatic heterocycles. The SMILES string of the molecule is Clc1ccc(C(Cl)COCC(Cl)c2ccc(Cl)cc2)cc1. The fourth-order valence-electron chi connectivity index (χ4n) is 1.81. The number of alkyl halides is 2. The summed E-state index contributed by atoms with van der Waals surface area (Å²) in [6.07, 6.45) is 0. The lowest BCUT2D eigenvalue weighted by atomic mass is 10.1. The number of halogens is 4. The van der Waals surface area contributed by atoms with Crippen molar-refractivity contribution >= 4 is 46.4 Å². The molecule has 1 nitrogen and oxygen atoms in total. The van der Waals surface area contributed by atoms with Crippen LogP contribution in [0.1, 0.15) is 21.9 Å². The normalized spacial score (nSPS) is 13.9. The van der Waals surface area contributed by atoms with E-state index in [9.17, 15) is 0 Å². The summed E-state index contributed by atoms with van der Waals surface area (Å²) in [5.41, 5.74) is 1.94. The third kappa shape index (κ3) is 5.36. The summed E-state index contributed by atoms with van der Waals surface area (Å²) in [6.45, 7) is 0.778. The monoisotopic (exact) mass is 362 g/mol. The Hall–Kier alpha value is -0.440. The third-order valence-electron chi connectivity index (χ3n) is 2.99. The van der Waals surface area contributed by atoms with E-state index in [2.05, 4.69) is 0 Å². The van der Waals surface area contributed by atoms with Gasteiger partial charge in [0.05, 0.1) is 24.0 Å². The Kier molecular flexibility index (Phi) is 6.66. The summed E-state index contributed by atoms with van der Waals surface area (Å²) in [4.78, 5) is 0. The molecular formula is C16H14Cl4O. The maximum Gasteiger partial charge on any atom is 0.0819 e. The van der Waals surface area contributed by atoms with E-state index in [1.807, 2.05) is 48.5 Å². The molecule has 5 heteroatoms. The fourth-order valence-corrected chi connectivity index (χ4v) is 2.53. The van der Waals surface area contributed by atoms with Gasteiger partial charge in [-0.15, -0.1) is 23.2 Å². The van der Waals surface area contributed by atoms with Gasteiger partial charge in [0.15, 0.2) is 0 Å². The van der Waals surface area contributed by atoms with E-state index in [4.69, 9.17) is 51.1 Å². The van der Waals surface area contributed by atoms with Crippen LogP contribution in [-0.2, 0) is 4.74 Å². The average molecular weight is 364 g/mol. The van der Waals surface area contributed by atoms with E-state index < -0.39 is 0 Å². The van der Waals surface area contributed by atoms with E-state index in [-0.39, 0.29) is 10.8 Å². The first-order valence-electron chi connectivity index (χ1n) is 6.43. The van der Waals surface area contributed by atoms with Gasteiger partial charge in [-0.25, -0.2) is 0 Å². The van der Waals surface area contributed by atoms with Gasteiger partial charge in [-0.3, -0.25) is 0 Å². The van der Waals surface area contributed by atoms with E-state index in [0.29, 0.717) is 23.3 Å². The first-order valence-corrected chi connectivity index (χ1v) is 8.06. The Labute approximate surface area is 144 Å². The summed E-state index contributed by atoms with van der Waals surface area (Å²) in [5, 5.41) is 0.923. The van der Waals surface area contributed by atoms with Gasteiger partial charge in [-0.05, 0) is 35.4 Å². The molecule has 0 bridgehead atoms. The number of rotatable bonds is 6. The minimum Gasteiger partial charge on any atom is -0.378 e.